The first-order valence-corrected chi connectivity index (χ1v) is 7.22. The minimum atomic E-state index is -4.21. The third-order valence-electron chi connectivity index (χ3n) is 2.49. The van der Waals surface area contributed by atoms with Gasteiger partial charge in [0.05, 0.1) is 4.92 Å². The summed E-state index contributed by atoms with van der Waals surface area (Å²) in [6.07, 6.45) is -0.234. The number of benzene rings is 1. The van der Waals surface area contributed by atoms with Gasteiger partial charge in [0.15, 0.2) is 4.90 Å². The minimum absolute atomic E-state index is 0.148. The van der Waals surface area contributed by atoms with E-state index in [4.69, 9.17) is 11.6 Å². The van der Waals surface area contributed by atoms with Gasteiger partial charge in [-0.3, -0.25) is 20.8 Å². The molecule has 1 aromatic carbocycles. The number of nitro groups is 1. The van der Waals surface area contributed by atoms with E-state index in [0.29, 0.717) is 0 Å². The number of nitrogens with zero attached hydrogens (tertiary/aromatic N) is 1. The van der Waals surface area contributed by atoms with E-state index in [2.05, 4.69) is 10.1 Å². The summed E-state index contributed by atoms with van der Waals surface area (Å²) in [6, 6.07) is 2.83. The van der Waals surface area contributed by atoms with Crippen molar-refractivity contribution < 1.29 is 18.1 Å². The molecule has 0 radical (unpaired) electrons. The zero-order valence-corrected chi connectivity index (χ0v) is 11.9. The van der Waals surface area contributed by atoms with Crippen LogP contribution in [0.2, 0.25) is 0 Å². The number of para-hydroxylation sites is 1. The molecular weight excluding hydrogens is 302 g/mol. The Hall–Kier alpha value is -2.24. The molecule has 1 aromatic rings. The highest BCUT2D eigenvalue weighted by Crippen LogP contribution is 2.31. The molecular formula is C10H15N5O5S. The van der Waals surface area contributed by atoms with Crippen LogP contribution in [0.25, 0.3) is 0 Å². The van der Waals surface area contributed by atoms with Crippen LogP contribution in [-0.4, -0.2) is 25.3 Å². The molecule has 0 bridgehead atoms. The van der Waals surface area contributed by atoms with Gasteiger partial charge in [-0.1, -0.05) is 6.07 Å². The molecule has 1 rings (SSSR count). The average molecular weight is 317 g/mol. The third kappa shape index (κ3) is 4.11. The highest BCUT2D eigenvalue weighted by Gasteiger charge is 2.30. The molecule has 0 saturated heterocycles. The first kappa shape index (κ1) is 16.8. The van der Waals surface area contributed by atoms with Crippen LogP contribution >= 0.6 is 0 Å². The number of amides is 1. The van der Waals surface area contributed by atoms with Crippen LogP contribution in [0.1, 0.15) is 13.3 Å². The van der Waals surface area contributed by atoms with Gasteiger partial charge in [0.25, 0.3) is 0 Å². The van der Waals surface area contributed by atoms with Gasteiger partial charge < -0.3 is 11.2 Å². The van der Waals surface area contributed by atoms with Crippen LogP contribution < -0.4 is 21.7 Å². The van der Waals surface area contributed by atoms with Gasteiger partial charge in [-0.25, -0.2) is 13.1 Å². The molecule has 0 heterocycles. The minimum Gasteiger partial charge on any atom is -0.370 e. The second kappa shape index (κ2) is 6.47. The van der Waals surface area contributed by atoms with Crippen molar-refractivity contribution in [2.75, 3.05) is 5.43 Å². The van der Waals surface area contributed by atoms with Crippen molar-refractivity contribution in [3.05, 3.63) is 28.3 Å². The molecule has 116 valence electrons. The standard InChI is InChI=1S/C10H15N5O5S/c1-6(5-9(11)16)14-21(19,20)8-4-2-3-7(13-12)10(8)15(17)18/h2-4,6,13-14H,5,12H2,1H3,(H2,11,16). The summed E-state index contributed by atoms with van der Waals surface area (Å²) in [5.41, 5.74) is 6.20. The maximum Gasteiger partial charge on any atom is 0.313 e. The number of hydrogen-bond acceptors (Lipinski definition) is 7. The van der Waals surface area contributed by atoms with Crippen LogP contribution in [0.15, 0.2) is 23.1 Å². The lowest BCUT2D eigenvalue weighted by atomic mass is 10.2. The second-order valence-corrected chi connectivity index (χ2v) is 5.93. The number of carbonyl (C=O) groups is 1. The number of nitrogen functional groups attached to an aromatic ring is 1. The van der Waals surface area contributed by atoms with Crippen molar-refractivity contribution in [2.24, 2.45) is 11.6 Å². The number of nitrogens with two attached hydrogens (primary N) is 2. The van der Waals surface area contributed by atoms with E-state index in [1.54, 1.807) is 0 Å². The first-order valence-electron chi connectivity index (χ1n) is 5.73. The number of nitro benzene ring substituents is 1. The Labute approximate surface area is 120 Å². The Balaban J connectivity index is 3.26. The summed E-state index contributed by atoms with van der Waals surface area (Å²) in [5, 5.41) is 11.1. The number of carbonyl (C=O) groups excluding carboxylic acids is 1. The van der Waals surface area contributed by atoms with E-state index < -0.39 is 37.5 Å². The summed E-state index contributed by atoms with van der Waals surface area (Å²) in [4.78, 5) is 20.4. The molecule has 11 heteroatoms. The Kier molecular flexibility index (Phi) is 5.18. The molecule has 0 aliphatic carbocycles. The van der Waals surface area contributed by atoms with E-state index in [1.165, 1.54) is 19.1 Å². The largest absolute Gasteiger partial charge is 0.370 e. The van der Waals surface area contributed by atoms with Crippen molar-refractivity contribution in [2.45, 2.75) is 24.3 Å². The van der Waals surface area contributed by atoms with Crippen LogP contribution in [0.4, 0.5) is 11.4 Å². The van der Waals surface area contributed by atoms with E-state index in [1.807, 2.05) is 0 Å². The predicted octanol–water partition coefficient (Wildman–Crippen LogP) is -0.577. The second-order valence-electron chi connectivity index (χ2n) is 4.25. The Morgan fingerprint density at radius 3 is 2.57 bits per heavy atom. The van der Waals surface area contributed by atoms with E-state index >= 15 is 0 Å². The SMILES string of the molecule is CC(CC(N)=O)NS(=O)(=O)c1cccc(NN)c1[N+](=O)[O-]. The van der Waals surface area contributed by atoms with E-state index in [-0.39, 0.29) is 12.1 Å². The molecule has 0 aliphatic heterocycles. The lowest BCUT2D eigenvalue weighted by Crippen LogP contribution is -2.36. The topological polar surface area (TPSA) is 170 Å². The zero-order valence-electron chi connectivity index (χ0n) is 11.1. The van der Waals surface area contributed by atoms with Crippen LogP contribution in [-0.2, 0) is 14.8 Å². The number of hydrogen-bond donors (Lipinski definition) is 4. The summed E-state index contributed by atoms with van der Waals surface area (Å²) in [6.45, 7) is 1.42. The van der Waals surface area contributed by atoms with Crippen LogP contribution in [0.3, 0.4) is 0 Å². The fourth-order valence-electron chi connectivity index (χ4n) is 1.72. The van der Waals surface area contributed by atoms with Gasteiger partial charge in [0.1, 0.15) is 5.69 Å². The smallest absolute Gasteiger partial charge is 0.313 e. The summed E-state index contributed by atoms with van der Waals surface area (Å²) >= 11 is 0. The number of nitrogens with one attached hydrogen (secondary N) is 2. The molecule has 0 fully saturated rings. The molecule has 1 amide bonds. The fourth-order valence-corrected chi connectivity index (χ4v) is 3.15. The Bertz CT molecular complexity index is 660. The van der Waals surface area contributed by atoms with Crippen molar-refractivity contribution in [1.29, 1.82) is 0 Å². The molecule has 0 aliphatic rings. The molecule has 21 heavy (non-hydrogen) atoms. The van der Waals surface area contributed by atoms with Gasteiger partial charge in [-0.15, -0.1) is 0 Å². The van der Waals surface area contributed by atoms with Gasteiger partial charge >= 0.3 is 5.69 Å². The van der Waals surface area contributed by atoms with Crippen LogP contribution in [0.5, 0.6) is 0 Å². The molecule has 10 nitrogen and oxygen atoms in total. The molecule has 1 atom stereocenters. The van der Waals surface area contributed by atoms with Crippen molar-refractivity contribution in [1.82, 2.24) is 4.72 Å². The maximum atomic E-state index is 12.2. The van der Waals surface area contributed by atoms with Gasteiger partial charge in [-0.05, 0) is 19.1 Å². The monoisotopic (exact) mass is 317 g/mol. The van der Waals surface area contributed by atoms with Gasteiger partial charge in [-0.2, -0.15) is 0 Å². The molecule has 6 N–H and O–H groups in total. The number of primary amides is 1. The highest BCUT2D eigenvalue weighted by atomic mass is 32.2. The summed E-state index contributed by atoms with van der Waals surface area (Å²) < 4.78 is 26.5. The highest BCUT2D eigenvalue weighted by molar-refractivity contribution is 7.89. The van der Waals surface area contributed by atoms with Gasteiger partial charge in [0.2, 0.25) is 15.9 Å². The third-order valence-corrected chi connectivity index (χ3v) is 4.11. The zero-order chi connectivity index (χ0) is 16.2. The number of anilines is 1. The van der Waals surface area contributed by atoms with Crippen molar-refractivity contribution in [3.63, 3.8) is 0 Å². The number of rotatable bonds is 7. The fraction of sp³-hybridized carbons (Fsp3) is 0.300. The molecule has 0 saturated carbocycles. The van der Waals surface area contributed by atoms with E-state index in [0.717, 1.165) is 6.07 Å². The molecule has 0 spiro atoms. The number of sulfonamides is 1. The van der Waals surface area contributed by atoms with Gasteiger partial charge in [0, 0.05) is 12.5 Å². The predicted molar refractivity (Wildman–Crippen MR) is 74.5 cm³/mol. The van der Waals surface area contributed by atoms with Crippen molar-refractivity contribution >= 4 is 27.3 Å². The van der Waals surface area contributed by atoms with Crippen molar-refractivity contribution in [3.8, 4) is 0 Å². The lowest BCUT2D eigenvalue weighted by molar-refractivity contribution is -0.386. The first-order chi connectivity index (χ1) is 9.69. The average Bonchev–Trinajstić information content (AvgIpc) is 2.35. The summed E-state index contributed by atoms with van der Waals surface area (Å²) in [7, 11) is -4.21. The summed E-state index contributed by atoms with van der Waals surface area (Å²) in [5.74, 6) is 4.44. The van der Waals surface area contributed by atoms with Crippen LogP contribution in [0, 0.1) is 10.1 Å². The molecule has 0 aromatic heterocycles. The lowest BCUT2D eigenvalue weighted by Gasteiger charge is -2.13. The maximum absolute atomic E-state index is 12.2. The Morgan fingerprint density at radius 2 is 2.10 bits per heavy atom. The Morgan fingerprint density at radius 1 is 1.48 bits per heavy atom. The number of hydrazine groups is 1. The quantitative estimate of drug-likeness (QED) is 0.296. The van der Waals surface area contributed by atoms with E-state index in [9.17, 15) is 23.3 Å². The molecule has 1 unspecified atom stereocenters. The normalized spacial score (nSPS) is 12.7.